The van der Waals surface area contributed by atoms with Gasteiger partial charge in [-0.2, -0.15) is 0 Å². The molecule has 2 rings (SSSR count). The summed E-state index contributed by atoms with van der Waals surface area (Å²) in [5.74, 6) is 0.517. The summed E-state index contributed by atoms with van der Waals surface area (Å²) in [7, 11) is 0. The Labute approximate surface area is 157 Å². The van der Waals surface area contributed by atoms with Crippen LogP contribution in [0.2, 0.25) is 0 Å². The second-order valence-corrected chi connectivity index (χ2v) is 9.23. The van der Waals surface area contributed by atoms with Gasteiger partial charge in [0.15, 0.2) is 6.10 Å². The lowest BCUT2D eigenvalue weighted by atomic mass is 9.75. The molecule has 1 saturated carbocycles. The van der Waals surface area contributed by atoms with E-state index >= 15 is 0 Å². The smallest absolute Gasteiger partial charge is 0.340 e. The highest BCUT2D eigenvalue weighted by atomic mass is 16.6. The Morgan fingerprint density at radius 2 is 1.88 bits per heavy atom. The fourth-order valence-corrected chi connectivity index (χ4v) is 3.83. The summed E-state index contributed by atoms with van der Waals surface area (Å²) in [4.78, 5) is 12.5. The number of rotatable bonds is 4. The van der Waals surface area contributed by atoms with Gasteiger partial charge in [0.1, 0.15) is 11.9 Å². The van der Waals surface area contributed by atoms with Crippen molar-refractivity contribution >= 4 is 5.97 Å². The number of carbonyl (C=O) groups excluding carboxylic acids is 1. The second-order valence-electron chi connectivity index (χ2n) is 9.23. The Kier molecular flexibility index (Phi) is 6.38. The summed E-state index contributed by atoms with van der Waals surface area (Å²) in [6, 6.07) is 5.07. The van der Waals surface area contributed by atoms with Crippen LogP contribution < -0.4 is 0 Å². The van der Waals surface area contributed by atoms with Gasteiger partial charge < -0.3 is 14.9 Å². The number of aromatic hydroxyl groups is 1. The molecule has 1 aliphatic rings. The van der Waals surface area contributed by atoms with E-state index in [-0.39, 0.29) is 22.8 Å². The number of aliphatic hydroxyl groups excluding tert-OH is 1. The van der Waals surface area contributed by atoms with E-state index in [0.717, 1.165) is 24.8 Å². The van der Waals surface area contributed by atoms with E-state index in [1.807, 2.05) is 26.8 Å². The zero-order valence-electron chi connectivity index (χ0n) is 17.0. The van der Waals surface area contributed by atoms with Crippen molar-refractivity contribution in [1.82, 2.24) is 0 Å². The maximum Gasteiger partial charge on any atom is 0.340 e. The van der Waals surface area contributed by atoms with E-state index in [1.54, 1.807) is 12.1 Å². The van der Waals surface area contributed by atoms with E-state index < -0.39 is 12.1 Å². The molecule has 146 valence electrons. The van der Waals surface area contributed by atoms with Gasteiger partial charge in [0, 0.05) is 5.56 Å². The van der Waals surface area contributed by atoms with Gasteiger partial charge in [0.2, 0.25) is 0 Å². The van der Waals surface area contributed by atoms with Crippen LogP contribution in [-0.4, -0.2) is 22.3 Å². The molecule has 4 atom stereocenters. The van der Waals surface area contributed by atoms with E-state index in [9.17, 15) is 15.0 Å². The van der Waals surface area contributed by atoms with Crippen LogP contribution in [0.5, 0.6) is 5.75 Å². The van der Waals surface area contributed by atoms with E-state index in [1.165, 1.54) is 0 Å². The standard InChI is InChI=1S/C22H34O4/c1-13(2)16-9-7-14(3)11-19(16)26-21(25)20(24)17-10-8-15(12-18(17)23)22(4,5)6/h8,10,12-14,16,19-20,23-24H,7,9,11H2,1-6H3/t14-,16+,19-,20+/m1/s1. The average molecular weight is 363 g/mol. The summed E-state index contributed by atoms with van der Waals surface area (Å²) < 4.78 is 5.70. The normalized spacial score (nSPS) is 25.2. The third kappa shape index (κ3) is 4.79. The first-order valence-corrected chi connectivity index (χ1v) is 9.72. The number of hydrogen-bond donors (Lipinski definition) is 2. The van der Waals surface area contributed by atoms with Crippen molar-refractivity contribution in [3.05, 3.63) is 29.3 Å². The Morgan fingerprint density at radius 1 is 1.23 bits per heavy atom. The minimum atomic E-state index is -1.46. The molecule has 4 nitrogen and oxygen atoms in total. The van der Waals surface area contributed by atoms with Crippen molar-refractivity contribution < 1.29 is 19.7 Å². The molecule has 1 aromatic rings. The van der Waals surface area contributed by atoms with E-state index in [4.69, 9.17) is 4.74 Å². The van der Waals surface area contributed by atoms with Gasteiger partial charge in [0.25, 0.3) is 0 Å². The molecular formula is C22H34O4. The number of esters is 1. The molecule has 0 saturated heterocycles. The minimum Gasteiger partial charge on any atom is -0.508 e. The van der Waals surface area contributed by atoms with Crippen LogP contribution in [0.4, 0.5) is 0 Å². The molecule has 0 spiro atoms. The van der Waals surface area contributed by atoms with Crippen LogP contribution >= 0.6 is 0 Å². The monoisotopic (exact) mass is 362 g/mol. The number of phenols is 1. The lowest BCUT2D eigenvalue weighted by Gasteiger charge is -2.37. The molecule has 1 aliphatic carbocycles. The molecule has 0 aromatic heterocycles. The average Bonchev–Trinajstić information content (AvgIpc) is 2.53. The SMILES string of the molecule is CC(C)[C@@H]1CC[C@@H](C)C[C@H]1OC(=O)[C@@H](O)c1ccc(C(C)(C)C)cc1O. The van der Waals surface area contributed by atoms with E-state index in [2.05, 4.69) is 20.8 Å². The van der Waals surface area contributed by atoms with Crippen molar-refractivity contribution in [1.29, 1.82) is 0 Å². The zero-order chi connectivity index (χ0) is 19.6. The molecule has 4 heteroatoms. The van der Waals surface area contributed by atoms with Gasteiger partial charge in [-0.15, -0.1) is 0 Å². The maximum atomic E-state index is 12.5. The molecule has 1 fully saturated rings. The van der Waals surface area contributed by atoms with Crippen LogP contribution in [0.3, 0.4) is 0 Å². The number of aliphatic hydroxyl groups is 1. The molecule has 1 aromatic carbocycles. The lowest BCUT2D eigenvalue weighted by Crippen LogP contribution is -2.37. The highest BCUT2D eigenvalue weighted by Gasteiger charge is 2.35. The van der Waals surface area contributed by atoms with Gasteiger partial charge >= 0.3 is 5.97 Å². The van der Waals surface area contributed by atoms with Gasteiger partial charge in [-0.3, -0.25) is 0 Å². The van der Waals surface area contributed by atoms with Gasteiger partial charge in [-0.25, -0.2) is 4.79 Å². The van der Waals surface area contributed by atoms with Crippen LogP contribution in [0.1, 0.15) is 78.0 Å². The van der Waals surface area contributed by atoms with Crippen molar-refractivity contribution in [2.75, 3.05) is 0 Å². The van der Waals surface area contributed by atoms with Gasteiger partial charge in [-0.1, -0.05) is 60.1 Å². The molecule has 0 radical (unpaired) electrons. The zero-order valence-corrected chi connectivity index (χ0v) is 17.0. The van der Waals surface area contributed by atoms with Gasteiger partial charge in [-0.05, 0) is 47.6 Å². The van der Waals surface area contributed by atoms with Crippen molar-refractivity contribution in [2.45, 2.75) is 78.4 Å². The Bertz CT molecular complexity index is 630. The fraction of sp³-hybridized carbons (Fsp3) is 0.682. The summed E-state index contributed by atoms with van der Waals surface area (Å²) in [6.45, 7) is 12.6. The highest BCUT2D eigenvalue weighted by molar-refractivity contribution is 5.77. The Morgan fingerprint density at radius 3 is 2.42 bits per heavy atom. The Hall–Kier alpha value is -1.55. The van der Waals surface area contributed by atoms with Crippen molar-refractivity contribution in [3.8, 4) is 5.75 Å². The van der Waals surface area contributed by atoms with E-state index in [0.29, 0.717) is 17.8 Å². The molecule has 26 heavy (non-hydrogen) atoms. The van der Waals surface area contributed by atoms with Crippen LogP contribution in [0.15, 0.2) is 18.2 Å². The van der Waals surface area contributed by atoms with Crippen LogP contribution in [0, 0.1) is 17.8 Å². The number of benzene rings is 1. The summed E-state index contributed by atoms with van der Waals surface area (Å²) >= 11 is 0. The first-order chi connectivity index (χ1) is 12.0. The number of phenolic OH excluding ortho intramolecular Hbond substituents is 1. The molecular weight excluding hydrogens is 328 g/mol. The van der Waals surface area contributed by atoms with Crippen molar-refractivity contribution in [3.63, 3.8) is 0 Å². The molecule has 2 N–H and O–H groups in total. The number of hydrogen-bond acceptors (Lipinski definition) is 4. The lowest BCUT2D eigenvalue weighted by molar-refractivity contribution is -0.166. The number of ether oxygens (including phenoxy) is 1. The first-order valence-electron chi connectivity index (χ1n) is 9.72. The van der Waals surface area contributed by atoms with Crippen LogP contribution in [-0.2, 0) is 14.9 Å². The predicted molar refractivity (Wildman–Crippen MR) is 103 cm³/mol. The summed E-state index contributed by atoms with van der Waals surface area (Å²) in [6.07, 6.45) is 1.38. The molecule has 0 amide bonds. The Balaban J connectivity index is 2.14. The molecule has 0 aliphatic heterocycles. The second kappa shape index (κ2) is 7.99. The molecule has 0 bridgehead atoms. The van der Waals surface area contributed by atoms with Gasteiger partial charge in [0.05, 0.1) is 0 Å². The first kappa shape index (κ1) is 20.8. The summed E-state index contributed by atoms with van der Waals surface area (Å²) in [5.41, 5.74) is 1.03. The minimum absolute atomic E-state index is 0.0701. The topological polar surface area (TPSA) is 66.8 Å². The quantitative estimate of drug-likeness (QED) is 0.760. The number of carbonyl (C=O) groups is 1. The summed E-state index contributed by atoms with van der Waals surface area (Å²) in [5, 5.41) is 20.7. The molecule has 0 heterocycles. The third-order valence-corrected chi connectivity index (χ3v) is 5.64. The largest absolute Gasteiger partial charge is 0.508 e. The molecule has 0 unspecified atom stereocenters. The fourth-order valence-electron chi connectivity index (χ4n) is 3.83. The van der Waals surface area contributed by atoms with Crippen molar-refractivity contribution in [2.24, 2.45) is 17.8 Å². The predicted octanol–water partition coefficient (Wildman–Crippen LogP) is 4.73. The van der Waals surface area contributed by atoms with Crippen LogP contribution in [0.25, 0.3) is 0 Å². The highest BCUT2D eigenvalue weighted by Crippen LogP contribution is 2.37. The maximum absolute atomic E-state index is 12.5. The third-order valence-electron chi connectivity index (χ3n) is 5.64.